The Bertz CT molecular complexity index is 638. The molecule has 20 heavy (non-hydrogen) atoms. The molecule has 1 fully saturated rings. The number of benzene rings is 1. The fourth-order valence-electron chi connectivity index (χ4n) is 2.20. The van der Waals surface area contributed by atoms with Crippen molar-refractivity contribution in [2.75, 3.05) is 6.54 Å². The maximum Gasteiger partial charge on any atom is 0.322 e. The summed E-state index contributed by atoms with van der Waals surface area (Å²) < 4.78 is 25.7. The number of nitrogens with two attached hydrogens (primary N) is 1. The first-order valence-corrected chi connectivity index (χ1v) is 7.42. The summed E-state index contributed by atoms with van der Waals surface area (Å²) in [5.41, 5.74) is 5.27. The van der Waals surface area contributed by atoms with E-state index < -0.39 is 27.9 Å². The number of hydrogen-bond acceptors (Lipinski definition) is 4. The van der Waals surface area contributed by atoms with E-state index in [9.17, 15) is 18.0 Å². The molecule has 8 heteroatoms. The summed E-state index contributed by atoms with van der Waals surface area (Å²) >= 11 is 0. The number of carbonyl (C=O) groups is 2. The van der Waals surface area contributed by atoms with Crippen molar-refractivity contribution < 1.29 is 23.1 Å². The summed E-state index contributed by atoms with van der Waals surface area (Å²) in [7, 11) is -3.87. The van der Waals surface area contributed by atoms with Crippen molar-refractivity contribution in [1.29, 1.82) is 0 Å². The van der Waals surface area contributed by atoms with Crippen LogP contribution < -0.4 is 5.73 Å². The van der Waals surface area contributed by atoms with E-state index in [4.69, 9.17) is 10.8 Å². The number of rotatable bonds is 4. The van der Waals surface area contributed by atoms with E-state index in [1.54, 1.807) is 0 Å². The monoisotopic (exact) mass is 298 g/mol. The maximum absolute atomic E-state index is 12.4. The number of nitrogens with zero attached hydrogens (tertiary/aromatic N) is 1. The quantitative estimate of drug-likeness (QED) is 0.812. The third-order valence-corrected chi connectivity index (χ3v) is 5.16. The van der Waals surface area contributed by atoms with Gasteiger partial charge in [-0.25, -0.2) is 8.42 Å². The van der Waals surface area contributed by atoms with Gasteiger partial charge in [0.1, 0.15) is 6.04 Å². The summed E-state index contributed by atoms with van der Waals surface area (Å²) in [6, 6.07) is 4.09. The van der Waals surface area contributed by atoms with Crippen LogP contribution in [0.15, 0.2) is 29.2 Å². The van der Waals surface area contributed by atoms with Crippen LogP contribution in [0, 0.1) is 0 Å². The molecular weight excluding hydrogens is 284 g/mol. The van der Waals surface area contributed by atoms with Gasteiger partial charge in [-0.15, -0.1) is 0 Å². The van der Waals surface area contributed by atoms with E-state index >= 15 is 0 Å². The number of carboxylic acid groups (broad SMARTS) is 1. The lowest BCUT2D eigenvalue weighted by molar-refractivity contribution is -0.140. The minimum absolute atomic E-state index is 0.0457. The molecule has 0 saturated carbocycles. The van der Waals surface area contributed by atoms with Crippen LogP contribution in [0.5, 0.6) is 0 Å². The van der Waals surface area contributed by atoms with E-state index in [1.807, 2.05) is 0 Å². The molecule has 1 heterocycles. The first kappa shape index (κ1) is 14.5. The normalized spacial score (nSPS) is 19.9. The fourth-order valence-corrected chi connectivity index (χ4v) is 3.85. The molecule has 0 radical (unpaired) electrons. The van der Waals surface area contributed by atoms with Gasteiger partial charge in [0, 0.05) is 12.1 Å². The first-order valence-electron chi connectivity index (χ1n) is 5.98. The average molecular weight is 298 g/mol. The van der Waals surface area contributed by atoms with Crippen LogP contribution in [0.4, 0.5) is 0 Å². The van der Waals surface area contributed by atoms with Crippen molar-refractivity contribution in [3.05, 3.63) is 29.8 Å². The van der Waals surface area contributed by atoms with Crippen molar-refractivity contribution in [3.63, 3.8) is 0 Å². The van der Waals surface area contributed by atoms with Crippen LogP contribution >= 0.6 is 0 Å². The van der Waals surface area contributed by atoms with Gasteiger partial charge in [-0.2, -0.15) is 4.31 Å². The highest BCUT2D eigenvalue weighted by Crippen LogP contribution is 2.26. The molecule has 108 valence electrons. The molecule has 1 aromatic rings. The zero-order chi connectivity index (χ0) is 14.9. The molecule has 0 aromatic heterocycles. The van der Waals surface area contributed by atoms with Crippen LogP contribution in [0.25, 0.3) is 0 Å². The van der Waals surface area contributed by atoms with Gasteiger partial charge in [-0.05, 0) is 37.1 Å². The van der Waals surface area contributed by atoms with E-state index in [-0.39, 0.29) is 17.0 Å². The fraction of sp³-hybridized carbons (Fsp3) is 0.333. The Morgan fingerprint density at radius 3 is 2.35 bits per heavy atom. The van der Waals surface area contributed by atoms with Crippen molar-refractivity contribution in [2.24, 2.45) is 5.73 Å². The molecule has 0 bridgehead atoms. The lowest BCUT2D eigenvalue weighted by atomic mass is 10.2. The summed E-state index contributed by atoms with van der Waals surface area (Å²) in [6.07, 6.45) is 0.809. The second-order valence-electron chi connectivity index (χ2n) is 4.50. The number of carboxylic acids is 1. The molecule has 1 aromatic carbocycles. The van der Waals surface area contributed by atoms with Crippen molar-refractivity contribution in [3.8, 4) is 0 Å². The third kappa shape index (κ3) is 2.52. The van der Waals surface area contributed by atoms with E-state index in [1.165, 1.54) is 24.3 Å². The molecule has 3 N–H and O–H groups in total. The first-order chi connectivity index (χ1) is 9.34. The van der Waals surface area contributed by atoms with Crippen molar-refractivity contribution in [2.45, 2.75) is 23.8 Å². The third-order valence-electron chi connectivity index (χ3n) is 3.23. The lowest BCUT2D eigenvalue weighted by Gasteiger charge is -2.20. The largest absolute Gasteiger partial charge is 0.480 e. The number of primary amides is 1. The van der Waals surface area contributed by atoms with Crippen LogP contribution in [-0.2, 0) is 14.8 Å². The second-order valence-corrected chi connectivity index (χ2v) is 6.39. The van der Waals surface area contributed by atoms with Gasteiger partial charge in [-0.1, -0.05) is 0 Å². The van der Waals surface area contributed by atoms with Crippen LogP contribution in [0.2, 0.25) is 0 Å². The van der Waals surface area contributed by atoms with Crippen LogP contribution in [0.3, 0.4) is 0 Å². The molecule has 1 amide bonds. The number of carbonyl (C=O) groups excluding carboxylic acids is 1. The van der Waals surface area contributed by atoms with E-state index in [0.29, 0.717) is 12.8 Å². The van der Waals surface area contributed by atoms with Crippen molar-refractivity contribution >= 4 is 21.9 Å². The maximum atomic E-state index is 12.4. The molecular formula is C12H14N2O5S. The van der Waals surface area contributed by atoms with Crippen molar-refractivity contribution in [1.82, 2.24) is 4.31 Å². The topological polar surface area (TPSA) is 118 Å². The van der Waals surface area contributed by atoms with E-state index in [2.05, 4.69) is 0 Å². The molecule has 0 aliphatic carbocycles. The Morgan fingerprint density at radius 1 is 1.25 bits per heavy atom. The van der Waals surface area contributed by atoms with Gasteiger partial charge in [0.15, 0.2) is 0 Å². The standard InChI is InChI=1S/C12H14N2O5S/c13-11(15)8-3-5-9(6-4-8)20(18,19)14-7-1-2-10(14)12(16)17/h3-6,10H,1-2,7H2,(H2,13,15)(H,16,17)/t10-/m0/s1. The predicted molar refractivity (Wildman–Crippen MR) is 69.5 cm³/mol. The number of amides is 1. The Balaban J connectivity index is 2.35. The molecule has 0 unspecified atom stereocenters. The molecule has 1 aliphatic rings. The highest BCUT2D eigenvalue weighted by molar-refractivity contribution is 7.89. The molecule has 1 aliphatic heterocycles. The molecule has 0 spiro atoms. The molecule has 1 atom stereocenters. The number of hydrogen-bond donors (Lipinski definition) is 2. The minimum atomic E-state index is -3.87. The molecule has 1 saturated heterocycles. The summed E-state index contributed by atoms with van der Waals surface area (Å²) in [5.74, 6) is -1.81. The number of sulfonamides is 1. The highest BCUT2D eigenvalue weighted by Gasteiger charge is 2.39. The SMILES string of the molecule is NC(=O)c1ccc(S(=O)(=O)N2CCC[C@H]2C(=O)O)cc1. The van der Waals surface area contributed by atoms with Gasteiger partial charge < -0.3 is 10.8 Å². The zero-order valence-corrected chi connectivity index (χ0v) is 11.3. The predicted octanol–water partition coefficient (Wildman–Crippen LogP) is 0.0232. The second kappa shape index (κ2) is 5.22. The Hall–Kier alpha value is -1.93. The van der Waals surface area contributed by atoms with E-state index in [0.717, 1.165) is 4.31 Å². The Kier molecular flexibility index (Phi) is 3.78. The van der Waals surface area contributed by atoms with Gasteiger partial charge >= 0.3 is 5.97 Å². The van der Waals surface area contributed by atoms with Gasteiger partial charge in [0.2, 0.25) is 15.9 Å². The number of aliphatic carboxylic acids is 1. The zero-order valence-electron chi connectivity index (χ0n) is 10.5. The molecule has 7 nitrogen and oxygen atoms in total. The summed E-state index contributed by atoms with van der Waals surface area (Å²) in [6.45, 7) is 0.177. The van der Waals surface area contributed by atoms with Gasteiger partial charge in [-0.3, -0.25) is 9.59 Å². The summed E-state index contributed by atoms with van der Waals surface area (Å²) in [5, 5.41) is 9.04. The average Bonchev–Trinajstić information content (AvgIpc) is 2.89. The van der Waals surface area contributed by atoms with Gasteiger partial charge in [0.05, 0.1) is 4.90 Å². The molecule has 2 rings (SSSR count). The highest BCUT2D eigenvalue weighted by atomic mass is 32.2. The van der Waals surface area contributed by atoms with Crippen LogP contribution in [0.1, 0.15) is 23.2 Å². The van der Waals surface area contributed by atoms with Gasteiger partial charge in [0.25, 0.3) is 0 Å². The smallest absolute Gasteiger partial charge is 0.322 e. The minimum Gasteiger partial charge on any atom is -0.480 e. The summed E-state index contributed by atoms with van der Waals surface area (Å²) in [4.78, 5) is 22.0. The Labute approximate surface area is 116 Å². The lowest BCUT2D eigenvalue weighted by Crippen LogP contribution is -2.40. The van der Waals surface area contributed by atoms with Crippen LogP contribution in [-0.4, -0.2) is 42.3 Å². The Morgan fingerprint density at radius 2 is 1.85 bits per heavy atom.